The topological polar surface area (TPSA) is 54.5 Å². The fourth-order valence-corrected chi connectivity index (χ4v) is 5.51. The summed E-state index contributed by atoms with van der Waals surface area (Å²) in [6, 6.07) is 7.53. The predicted molar refractivity (Wildman–Crippen MR) is 98.0 cm³/mol. The van der Waals surface area contributed by atoms with E-state index in [1.165, 1.54) is 0 Å². The summed E-state index contributed by atoms with van der Waals surface area (Å²) in [4.78, 5) is 14.1. The van der Waals surface area contributed by atoms with E-state index in [9.17, 15) is 13.2 Å². The van der Waals surface area contributed by atoms with Crippen molar-refractivity contribution in [1.29, 1.82) is 0 Å². The summed E-state index contributed by atoms with van der Waals surface area (Å²) in [5.41, 5.74) is 1.05. The van der Waals surface area contributed by atoms with Gasteiger partial charge in [-0.3, -0.25) is 4.79 Å². The molecule has 1 aromatic rings. The first-order valence-electron chi connectivity index (χ1n) is 8.51. The second kappa shape index (κ2) is 8.34. The van der Waals surface area contributed by atoms with Crippen LogP contribution in [0.5, 0.6) is 0 Å². The highest BCUT2D eigenvalue weighted by Gasteiger charge is 2.31. The zero-order chi connectivity index (χ0) is 17.7. The van der Waals surface area contributed by atoms with Gasteiger partial charge in [-0.2, -0.15) is 0 Å². The molecule has 1 heterocycles. The van der Waals surface area contributed by atoms with E-state index in [1.807, 2.05) is 38.1 Å². The first-order chi connectivity index (χ1) is 11.3. The van der Waals surface area contributed by atoms with E-state index in [0.717, 1.165) is 5.56 Å². The van der Waals surface area contributed by atoms with E-state index in [1.54, 1.807) is 4.90 Å². The van der Waals surface area contributed by atoms with E-state index in [-0.39, 0.29) is 22.8 Å². The van der Waals surface area contributed by atoms with Crippen LogP contribution in [0.15, 0.2) is 24.3 Å². The normalized spacial score (nSPS) is 16.6. The molecule has 1 aromatic carbocycles. The van der Waals surface area contributed by atoms with Crippen molar-refractivity contribution >= 4 is 27.3 Å². The zero-order valence-corrected chi connectivity index (χ0v) is 15.9. The van der Waals surface area contributed by atoms with Gasteiger partial charge in [0.25, 0.3) is 0 Å². The lowest BCUT2D eigenvalue weighted by molar-refractivity contribution is -0.132. The van der Waals surface area contributed by atoms with Gasteiger partial charge >= 0.3 is 0 Å². The molecule has 0 saturated carbocycles. The van der Waals surface area contributed by atoms with Crippen molar-refractivity contribution in [3.05, 3.63) is 34.9 Å². The number of rotatable bonds is 6. The Balaban J connectivity index is 1.82. The Morgan fingerprint density at radius 1 is 1.29 bits per heavy atom. The highest BCUT2D eigenvalue weighted by atomic mass is 35.5. The Morgan fingerprint density at radius 3 is 2.54 bits per heavy atom. The van der Waals surface area contributed by atoms with Crippen molar-refractivity contribution in [2.45, 2.75) is 44.8 Å². The predicted octanol–water partition coefficient (Wildman–Crippen LogP) is 3.33. The average Bonchev–Trinajstić information content (AvgIpc) is 2.51. The number of hydrogen-bond donors (Lipinski definition) is 0. The number of hydrogen-bond acceptors (Lipinski definition) is 3. The van der Waals surface area contributed by atoms with Crippen molar-refractivity contribution in [2.24, 2.45) is 5.92 Å². The smallest absolute Gasteiger partial charge is 0.222 e. The largest absolute Gasteiger partial charge is 0.343 e. The summed E-state index contributed by atoms with van der Waals surface area (Å²) < 4.78 is 24.6. The van der Waals surface area contributed by atoms with E-state index >= 15 is 0 Å². The summed E-state index contributed by atoms with van der Waals surface area (Å²) in [6.45, 7) is 4.92. The molecule has 0 atom stereocenters. The molecular weight excluding hydrogens is 346 g/mol. The van der Waals surface area contributed by atoms with Crippen LogP contribution in [0.3, 0.4) is 0 Å². The minimum Gasteiger partial charge on any atom is -0.343 e. The zero-order valence-electron chi connectivity index (χ0n) is 14.4. The number of sulfone groups is 1. The van der Waals surface area contributed by atoms with Gasteiger partial charge in [-0.15, -0.1) is 0 Å². The standard InChI is InChI=1S/C18H26ClNO3S/c1-14(2)13-24(22,23)17-8-10-20(11-9-17)18(21)7-6-15-4-3-5-16(19)12-15/h3-5,12,14,17H,6-11,13H2,1-2H3. The maximum atomic E-state index is 12.3. The van der Waals surface area contributed by atoms with Crippen LogP contribution in [0.2, 0.25) is 5.02 Å². The molecule has 0 radical (unpaired) electrons. The van der Waals surface area contributed by atoms with Crippen molar-refractivity contribution in [1.82, 2.24) is 4.90 Å². The molecule has 0 unspecified atom stereocenters. The van der Waals surface area contributed by atoms with Gasteiger partial charge < -0.3 is 4.90 Å². The SMILES string of the molecule is CC(C)CS(=O)(=O)C1CCN(C(=O)CCc2cccc(Cl)c2)CC1. The van der Waals surface area contributed by atoms with Crippen molar-refractivity contribution in [3.63, 3.8) is 0 Å². The fraction of sp³-hybridized carbons (Fsp3) is 0.611. The molecule has 134 valence electrons. The number of piperidine rings is 1. The molecule has 4 nitrogen and oxygen atoms in total. The number of nitrogens with zero attached hydrogens (tertiary/aromatic N) is 1. The molecule has 0 spiro atoms. The van der Waals surface area contributed by atoms with Crippen LogP contribution in [-0.4, -0.2) is 43.3 Å². The molecule has 6 heteroatoms. The molecule has 0 N–H and O–H groups in total. The quantitative estimate of drug-likeness (QED) is 0.770. The summed E-state index contributed by atoms with van der Waals surface area (Å²) in [5.74, 6) is 0.474. The molecule has 1 saturated heterocycles. The maximum absolute atomic E-state index is 12.3. The number of benzene rings is 1. The average molecular weight is 372 g/mol. The first-order valence-corrected chi connectivity index (χ1v) is 10.6. The molecule has 0 aromatic heterocycles. The van der Waals surface area contributed by atoms with Crippen molar-refractivity contribution in [2.75, 3.05) is 18.8 Å². The molecular formula is C18H26ClNO3S. The van der Waals surface area contributed by atoms with Gasteiger partial charge in [-0.05, 0) is 42.9 Å². The summed E-state index contributed by atoms with van der Waals surface area (Å²) >= 11 is 5.95. The van der Waals surface area contributed by atoms with E-state index in [2.05, 4.69) is 0 Å². The minimum absolute atomic E-state index is 0.0923. The lowest BCUT2D eigenvalue weighted by Gasteiger charge is -2.32. The third-order valence-corrected chi connectivity index (χ3v) is 7.24. The van der Waals surface area contributed by atoms with Gasteiger partial charge in [0.2, 0.25) is 5.91 Å². The molecule has 24 heavy (non-hydrogen) atoms. The van der Waals surface area contributed by atoms with Crippen LogP contribution in [0, 0.1) is 5.92 Å². The van der Waals surface area contributed by atoms with Crippen LogP contribution in [-0.2, 0) is 21.1 Å². The molecule has 1 amide bonds. The van der Waals surface area contributed by atoms with Crippen molar-refractivity contribution in [3.8, 4) is 0 Å². The second-order valence-electron chi connectivity index (χ2n) is 6.93. The molecule has 0 aliphatic carbocycles. The number of carbonyl (C=O) groups excluding carboxylic acids is 1. The Kier molecular flexibility index (Phi) is 6.70. The van der Waals surface area contributed by atoms with E-state index < -0.39 is 9.84 Å². The van der Waals surface area contributed by atoms with Crippen LogP contribution < -0.4 is 0 Å². The number of halogens is 1. The molecule has 1 aliphatic rings. The lowest BCUT2D eigenvalue weighted by atomic mass is 10.1. The summed E-state index contributed by atoms with van der Waals surface area (Å²) in [5, 5.41) is 0.382. The monoisotopic (exact) mass is 371 g/mol. The van der Waals surface area contributed by atoms with E-state index in [4.69, 9.17) is 11.6 Å². The molecule has 0 bridgehead atoms. The first kappa shape index (κ1) is 19.3. The minimum atomic E-state index is -3.04. The van der Waals surface area contributed by atoms with Gasteiger partial charge in [0.15, 0.2) is 9.84 Å². The van der Waals surface area contributed by atoms with Gasteiger partial charge in [0.05, 0.1) is 11.0 Å². The highest BCUT2D eigenvalue weighted by Crippen LogP contribution is 2.21. The number of carbonyl (C=O) groups is 1. The Labute approximate surface area is 150 Å². The van der Waals surface area contributed by atoms with Crippen LogP contribution >= 0.6 is 11.6 Å². The highest BCUT2D eigenvalue weighted by molar-refractivity contribution is 7.92. The maximum Gasteiger partial charge on any atom is 0.222 e. The van der Waals surface area contributed by atoms with Crippen LogP contribution in [0.25, 0.3) is 0 Å². The van der Waals surface area contributed by atoms with Crippen molar-refractivity contribution < 1.29 is 13.2 Å². The van der Waals surface area contributed by atoms with Crippen LogP contribution in [0.4, 0.5) is 0 Å². The summed E-state index contributed by atoms with van der Waals surface area (Å²) in [6.07, 6.45) is 2.20. The number of amides is 1. The van der Waals surface area contributed by atoms with Gasteiger partial charge in [-0.1, -0.05) is 37.6 Å². The molecule has 2 rings (SSSR count). The van der Waals surface area contributed by atoms with Crippen LogP contribution in [0.1, 0.15) is 38.7 Å². The van der Waals surface area contributed by atoms with E-state index in [0.29, 0.717) is 43.8 Å². The Morgan fingerprint density at radius 2 is 1.96 bits per heavy atom. The third-order valence-electron chi connectivity index (χ3n) is 4.38. The van der Waals surface area contributed by atoms with Gasteiger partial charge in [-0.25, -0.2) is 8.42 Å². The lowest BCUT2D eigenvalue weighted by Crippen LogP contribution is -2.43. The molecule has 1 aliphatic heterocycles. The Hall–Kier alpha value is -1.07. The fourth-order valence-electron chi connectivity index (χ4n) is 3.17. The number of aryl methyl sites for hydroxylation is 1. The second-order valence-corrected chi connectivity index (χ2v) is 9.70. The molecule has 1 fully saturated rings. The number of likely N-dealkylation sites (tertiary alicyclic amines) is 1. The summed E-state index contributed by atoms with van der Waals surface area (Å²) in [7, 11) is -3.04. The van der Waals surface area contributed by atoms with Gasteiger partial charge in [0, 0.05) is 24.5 Å². The Bertz CT molecular complexity index is 665. The third kappa shape index (κ3) is 5.49. The van der Waals surface area contributed by atoms with Gasteiger partial charge in [0.1, 0.15) is 0 Å².